The summed E-state index contributed by atoms with van der Waals surface area (Å²) < 4.78 is 1.60. The zero-order chi connectivity index (χ0) is 12.4. The highest BCUT2D eigenvalue weighted by molar-refractivity contribution is 6.35. The first-order valence-electron chi connectivity index (χ1n) is 4.86. The van der Waals surface area contributed by atoms with Gasteiger partial charge in [-0.25, -0.2) is 4.68 Å². The minimum atomic E-state index is 0.313. The molecule has 1 aromatic carbocycles. The van der Waals surface area contributed by atoms with Crippen LogP contribution in [0.4, 0.5) is 0 Å². The SMILES string of the molecule is Cc1c(C#N)nnn1Cc1c(Cl)cccc1Cl. The molecule has 0 radical (unpaired) electrons. The van der Waals surface area contributed by atoms with E-state index in [4.69, 9.17) is 28.5 Å². The number of hydrogen-bond donors (Lipinski definition) is 0. The van der Waals surface area contributed by atoms with Crippen LogP contribution in [-0.2, 0) is 6.54 Å². The van der Waals surface area contributed by atoms with Crippen molar-refractivity contribution in [3.05, 3.63) is 45.2 Å². The van der Waals surface area contributed by atoms with E-state index in [1.54, 1.807) is 29.8 Å². The molecule has 0 bridgehead atoms. The Balaban J connectivity index is 2.39. The van der Waals surface area contributed by atoms with Crippen molar-refractivity contribution in [1.29, 1.82) is 5.26 Å². The summed E-state index contributed by atoms with van der Waals surface area (Å²) in [7, 11) is 0. The van der Waals surface area contributed by atoms with Crippen LogP contribution in [0.15, 0.2) is 18.2 Å². The van der Waals surface area contributed by atoms with Gasteiger partial charge in [-0.2, -0.15) is 5.26 Å². The first-order valence-corrected chi connectivity index (χ1v) is 5.62. The van der Waals surface area contributed by atoms with Crippen LogP contribution < -0.4 is 0 Å². The Labute approximate surface area is 108 Å². The lowest BCUT2D eigenvalue weighted by molar-refractivity contribution is 0.633. The number of nitriles is 1. The number of benzene rings is 1. The maximum Gasteiger partial charge on any atom is 0.185 e. The summed E-state index contributed by atoms with van der Waals surface area (Å²) in [6.07, 6.45) is 0. The quantitative estimate of drug-likeness (QED) is 0.840. The van der Waals surface area contributed by atoms with Crippen LogP contribution in [0, 0.1) is 18.3 Å². The second kappa shape index (κ2) is 4.74. The molecule has 2 aromatic rings. The van der Waals surface area contributed by atoms with E-state index >= 15 is 0 Å². The van der Waals surface area contributed by atoms with E-state index in [9.17, 15) is 0 Å². The highest BCUT2D eigenvalue weighted by atomic mass is 35.5. The van der Waals surface area contributed by atoms with E-state index in [2.05, 4.69) is 10.3 Å². The molecule has 6 heteroatoms. The van der Waals surface area contributed by atoms with Crippen molar-refractivity contribution in [2.75, 3.05) is 0 Å². The third-order valence-corrected chi connectivity index (χ3v) is 3.17. The molecule has 1 aromatic heterocycles. The summed E-state index contributed by atoms with van der Waals surface area (Å²) in [4.78, 5) is 0. The van der Waals surface area contributed by atoms with E-state index < -0.39 is 0 Å². The van der Waals surface area contributed by atoms with E-state index in [1.165, 1.54) is 0 Å². The fourth-order valence-electron chi connectivity index (χ4n) is 1.45. The molecule has 0 unspecified atom stereocenters. The highest BCUT2D eigenvalue weighted by Gasteiger charge is 2.11. The molecule has 0 fully saturated rings. The lowest BCUT2D eigenvalue weighted by Gasteiger charge is -2.07. The molecule has 0 atom stereocenters. The van der Waals surface area contributed by atoms with Crippen molar-refractivity contribution in [2.45, 2.75) is 13.5 Å². The molecule has 0 amide bonds. The Bertz CT molecular complexity index is 578. The highest BCUT2D eigenvalue weighted by Crippen LogP contribution is 2.25. The minimum Gasteiger partial charge on any atom is -0.244 e. The van der Waals surface area contributed by atoms with Gasteiger partial charge in [-0.1, -0.05) is 34.5 Å². The summed E-state index contributed by atoms with van der Waals surface area (Å²) in [6.45, 7) is 2.18. The molecule has 1 heterocycles. The van der Waals surface area contributed by atoms with Crippen LogP contribution in [0.3, 0.4) is 0 Å². The minimum absolute atomic E-state index is 0.313. The Morgan fingerprint density at radius 1 is 1.35 bits per heavy atom. The third kappa shape index (κ3) is 2.26. The number of hydrogen-bond acceptors (Lipinski definition) is 3. The predicted octanol–water partition coefficient (Wildman–Crippen LogP) is 2.81. The summed E-state index contributed by atoms with van der Waals surface area (Å²) >= 11 is 12.1. The lowest BCUT2D eigenvalue weighted by atomic mass is 10.2. The van der Waals surface area contributed by atoms with Crippen molar-refractivity contribution in [1.82, 2.24) is 15.0 Å². The van der Waals surface area contributed by atoms with Gasteiger partial charge in [0, 0.05) is 15.6 Å². The van der Waals surface area contributed by atoms with Gasteiger partial charge in [-0.05, 0) is 19.1 Å². The molecular weight excluding hydrogens is 259 g/mol. The van der Waals surface area contributed by atoms with Gasteiger partial charge in [-0.3, -0.25) is 0 Å². The van der Waals surface area contributed by atoms with Crippen molar-refractivity contribution in [3.63, 3.8) is 0 Å². The normalized spacial score (nSPS) is 10.2. The summed E-state index contributed by atoms with van der Waals surface area (Å²) in [5.74, 6) is 0. The molecule has 0 aliphatic carbocycles. The largest absolute Gasteiger partial charge is 0.244 e. The summed E-state index contributed by atoms with van der Waals surface area (Å²) in [5.41, 5.74) is 1.78. The Kier molecular flexibility index (Phi) is 3.32. The molecule has 86 valence electrons. The van der Waals surface area contributed by atoms with Crippen LogP contribution in [0.25, 0.3) is 0 Å². The van der Waals surface area contributed by atoms with Gasteiger partial charge in [-0.15, -0.1) is 5.10 Å². The van der Waals surface area contributed by atoms with E-state index in [0.717, 1.165) is 5.56 Å². The van der Waals surface area contributed by atoms with Gasteiger partial charge in [0.05, 0.1) is 12.2 Å². The fourth-order valence-corrected chi connectivity index (χ4v) is 1.96. The molecule has 17 heavy (non-hydrogen) atoms. The van der Waals surface area contributed by atoms with Gasteiger partial charge in [0.1, 0.15) is 6.07 Å². The van der Waals surface area contributed by atoms with E-state index in [1.807, 2.05) is 6.07 Å². The van der Waals surface area contributed by atoms with Gasteiger partial charge in [0.2, 0.25) is 0 Å². The second-order valence-corrected chi connectivity index (χ2v) is 4.31. The fraction of sp³-hybridized carbons (Fsp3) is 0.182. The van der Waals surface area contributed by atoms with Gasteiger partial charge < -0.3 is 0 Å². The molecule has 0 aliphatic heterocycles. The molecule has 0 aliphatic rings. The Morgan fingerprint density at radius 3 is 2.53 bits per heavy atom. The van der Waals surface area contributed by atoms with Crippen molar-refractivity contribution >= 4 is 23.2 Å². The van der Waals surface area contributed by atoms with Crippen LogP contribution in [-0.4, -0.2) is 15.0 Å². The van der Waals surface area contributed by atoms with Crippen LogP contribution in [0.5, 0.6) is 0 Å². The van der Waals surface area contributed by atoms with Gasteiger partial charge in [0.15, 0.2) is 5.69 Å². The van der Waals surface area contributed by atoms with Crippen LogP contribution in [0.2, 0.25) is 10.0 Å². The molecule has 0 saturated carbocycles. The predicted molar refractivity (Wildman–Crippen MR) is 65.0 cm³/mol. The smallest absolute Gasteiger partial charge is 0.185 e. The molecule has 4 nitrogen and oxygen atoms in total. The van der Waals surface area contributed by atoms with Gasteiger partial charge in [0.25, 0.3) is 0 Å². The third-order valence-electron chi connectivity index (χ3n) is 2.46. The van der Waals surface area contributed by atoms with Crippen molar-refractivity contribution in [2.24, 2.45) is 0 Å². The zero-order valence-electron chi connectivity index (χ0n) is 8.98. The van der Waals surface area contributed by atoms with Crippen molar-refractivity contribution < 1.29 is 0 Å². The van der Waals surface area contributed by atoms with Gasteiger partial charge >= 0.3 is 0 Å². The Morgan fingerprint density at radius 2 is 2.00 bits per heavy atom. The first kappa shape index (κ1) is 11.9. The average molecular weight is 267 g/mol. The monoisotopic (exact) mass is 266 g/mol. The van der Waals surface area contributed by atoms with Crippen molar-refractivity contribution in [3.8, 4) is 6.07 Å². The van der Waals surface area contributed by atoms with E-state index in [-0.39, 0.29) is 0 Å². The lowest BCUT2D eigenvalue weighted by Crippen LogP contribution is -2.05. The van der Waals surface area contributed by atoms with Crippen LogP contribution in [0.1, 0.15) is 17.0 Å². The second-order valence-electron chi connectivity index (χ2n) is 3.49. The molecular formula is C11H8Cl2N4. The standard InChI is InChI=1S/C11H8Cl2N4/c1-7-11(5-14)15-16-17(7)6-8-9(12)3-2-4-10(8)13/h2-4H,6H2,1H3. The topological polar surface area (TPSA) is 54.5 Å². The molecule has 2 rings (SSSR count). The maximum atomic E-state index is 8.79. The molecule has 0 N–H and O–H groups in total. The number of aromatic nitrogens is 3. The zero-order valence-corrected chi connectivity index (χ0v) is 10.5. The van der Waals surface area contributed by atoms with E-state index in [0.29, 0.717) is 28.0 Å². The Hall–Kier alpha value is -1.57. The molecule has 0 spiro atoms. The number of halogens is 2. The maximum absolute atomic E-state index is 8.79. The average Bonchev–Trinajstić information content (AvgIpc) is 2.65. The summed E-state index contributed by atoms with van der Waals surface area (Å²) in [5, 5.41) is 17.6. The number of rotatable bonds is 2. The number of nitrogens with zero attached hydrogens (tertiary/aromatic N) is 4. The summed E-state index contributed by atoms with van der Waals surface area (Å²) in [6, 6.07) is 7.28. The van der Waals surface area contributed by atoms with Crippen LogP contribution >= 0.6 is 23.2 Å². The first-order chi connectivity index (χ1) is 8.13. The molecule has 0 saturated heterocycles.